The molecule has 1 aliphatic rings. The van der Waals surface area contributed by atoms with Crippen LogP contribution in [0.2, 0.25) is 0 Å². The number of carbonyl (C=O) groups is 1. The lowest BCUT2D eigenvalue weighted by molar-refractivity contribution is -0.119. The normalized spacial score (nSPS) is 18.2. The van der Waals surface area contributed by atoms with Crippen molar-refractivity contribution in [3.05, 3.63) is 35.7 Å². The summed E-state index contributed by atoms with van der Waals surface area (Å²) in [5.74, 6) is -0.322. The van der Waals surface area contributed by atoms with Crippen LogP contribution in [0.25, 0.3) is 10.2 Å². The minimum atomic E-state index is -3.65. The van der Waals surface area contributed by atoms with E-state index in [-0.39, 0.29) is 10.1 Å². The molecule has 1 fully saturated rings. The van der Waals surface area contributed by atoms with Gasteiger partial charge in [0.2, 0.25) is 5.91 Å². The summed E-state index contributed by atoms with van der Waals surface area (Å²) < 4.78 is 28.2. The number of fused-ring (bicyclic) bond motifs is 1. The van der Waals surface area contributed by atoms with Crippen LogP contribution in [0.1, 0.15) is 12.8 Å². The van der Waals surface area contributed by atoms with E-state index in [2.05, 4.69) is 10.3 Å². The highest BCUT2D eigenvalue weighted by atomic mass is 32.2. The molecule has 1 N–H and O–H groups in total. The van der Waals surface area contributed by atoms with Crippen molar-refractivity contribution in [2.24, 2.45) is 0 Å². The molecule has 10 heteroatoms. The number of nitrogens with one attached hydrogen (secondary N) is 1. The zero-order chi connectivity index (χ0) is 19.0. The molecule has 3 heterocycles. The average Bonchev–Trinajstić information content (AvgIpc) is 3.40. The van der Waals surface area contributed by atoms with E-state index in [1.165, 1.54) is 27.0 Å². The second-order valence-electron chi connectivity index (χ2n) is 6.02. The third-order valence-electron chi connectivity index (χ3n) is 4.40. The van der Waals surface area contributed by atoms with Gasteiger partial charge in [0.05, 0.1) is 10.2 Å². The van der Waals surface area contributed by atoms with E-state index in [1.807, 2.05) is 24.5 Å². The zero-order valence-corrected chi connectivity index (χ0v) is 17.7. The smallest absolute Gasteiger partial charge is 0.253 e. The number of aromatic nitrogens is 1. The molecule has 0 spiro atoms. The van der Waals surface area contributed by atoms with Crippen molar-refractivity contribution in [2.75, 3.05) is 18.1 Å². The third-order valence-corrected chi connectivity index (χ3v) is 9.38. The number of sulfonamides is 1. The Hall–Kier alpha value is -1.46. The van der Waals surface area contributed by atoms with Gasteiger partial charge in [0.15, 0.2) is 5.13 Å². The predicted molar refractivity (Wildman–Crippen MR) is 111 cm³/mol. The van der Waals surface area contributed by atoms with Crippen LogP contribution in [0.5, 0.6) is 0 Å². The monoisotopic (exact) mass is 439 g/mol. The molecule has 0 bridgehead atoms. The van der Waals surface area contributed by atoms with Crippen LogP contribution in [0.4, 0.5) is 5.13 Å². The first kappa shape index (κ1) is 18.9. The van der Waals surface area contributed by atoms with E-state index in [0.717, 1.165) is 15.1 Å². The summed E-state index contributed by atoms with van der Waals surface area (Å²) in [6.07, 6.45) is 3.16. The fraction of sp³-hybridized carbons (Fsp3) is 0.294. The number of rotatable bonds is 5. The first-order chi connectivity index (χ1) is 13.0. The van der Waals surface area contributed by atoms with Crippen molar-refractivity contribution in [1.82, 2.24) is 9.29 Å². The molecule has 27 heavy (non-hydrogen) atoms. The molecule has 4 rings (SSSR count). The largest absolute Gasteiger partial charge is 0.301 e. The average molecular weight is 440 g/mol. The molecule has 1 saturated heterocycles. The van der Waals surface area contributed by atoms with Gasteiger partial charge in [0.25, 0.3) is 10.0 Å². The molecule has 3 aromatic rings. The molecule has 1 aliphatic heterocycles. The van der Waals surface area contributed by atoms with E-state index in [1.54, 1.807) is 29.3 Å². The molecular formula is C17H17N3O3S4. The van der Waals surface area contributed by atoms with Gasteiger partial charge < -0.3 is 5.32 Å². The lowest BCUT2D eigenvalue weighted by atomic mass is 10.2. The van der Waals surface area contributed by atoms with E-state index in [9.17, 15) is 13.2 Å². The molecular weight excluding hydrogens is 422 g/mol. The number of thiophene rings is 1. The van der Waals surface area contributed by atoms with Gasteiger partial charge in [-0.3, -0.25) is 4.79 Å². The number of hydrogen-bond donors (Lipinski definition) is 1. The van der Waals surface area contributed by atoms with Gasteiger partial charge in [-0.2, -0.15) is 4.31 Å². The maximum Gasteiger partial charge on any atom is 0.253 e. The van der Waals surface area contributed by atoms with E-state index in [0.29, 0.717) is 24.5 Å². The Balaban J connectivity index is 1.57. The van der Waals surface area contributed by atoms with Crippen molar-refractivity contribution in [2.45, 2.75) is 28.0 Å². The summed E-state index contributed by atoms with van der Waals surface area (Å²) in [6, 6.07) is 8.49. The van der Waals surface area contributed by atoms with Crippen LogP contribution in [-0.2, 0) is 14.8 Å². The first-order valence-electron chi connectivity index (χ1n) is 8.30. The number of benzene rings is 1. The first-order valence-corrected chi connectivity index (χ1v) is 12.7. The third kappa shape index (κ3) is 3.52. The van der Waals surface area contributed by atoms with Crippen LogP contribution >= 0.6 is 34.4 Å². The molecule has 0 aliphatic carbocycles. The summed E-state index contributed by atoms with van der Waals surface area (Å²) in [4.78, 5) is 18.4. The van der Waals surface area contributed by atoms with Gasteiger partial charge in [0.1, 0.15) is 10.3 Å². The van der Waals surface area contributed by atoms with Gasteiger partial charge in [-0.1, -0.05) is 23.5 Å². The van der Waals surface area contributed by atoms with Crippen molar-refractivity contribution < 1.29 is 13.2 Å². The van der Waals surface area contributed by atoms with Gasteiger partial charge in [-0.05, 0) is 42.7 Å². The second-order valence-corrected chi connectivity index (χ2v) is 11.0. The summed E-state index contributed by atoms with van der Waals surface area (Å²) >= 11 is 4.17. The standard InChI is InChI=1S/C17H17N3O3S4/c1-24-12-6-2-7-13-15(12)18-17(26-13)19-16(21)11-5-3-9-20(11)27(22,23)14-8-4-10-25-14/h2,4,6-8,10-11H,3,5,9H2,1H3,(H,18,19,21). The number of para-hydroxylation sites is 1. The van der Waals surface area contributed by atoms with Gasteiger partial charge in [0, 0.05) is 11.4 Å². The summed E-state index contributed by atoms with van der Waals surface area (Å²) in [7, 11) is -3.65. The molecule has 1 unspecified atom stereocenters. The maximum absolute atomic E-state index is 12.8. The van der Waals surface area contributed by atoms with Crippen LogP contribution in [0, 0.1) is 0 Å². The maximum atomic E-state index is 12.8. The fourth-order valence-corrected chi connectivity index (χ4v) is 7.45. The Morgan fingerprint density at radius 3 is 2.93 bits per heavy atom. The lowest BCUT2D eigenvalue weighted by Gasteiger charge is -2.22. The van der Waals surface area contributed by atoms with Gasteiger partial charge in [-0.15, -0.1) is 23.1 Å². The van der Waals surface area contributed by atoms with Crippen molar-refractivity contribution in [1.29, 1.82) is 0 Å². The molecule has 0 saturated carbocycles. The minimum absolute atomic E-state index is 0.270. The number of hydrogen-bond acceptors (Lipinski definition) is 7. The van der Waals surface area contributed by atoms with Gasteiger partial charge >= 0.3 is 0 Å². The molecule has 142 valence electrons. The Morgan fingerprint density at radius 1 is 1.33 bits per heavy atom. The topological polar surface area (TPSA) is 79.4 Å². The Morgan fingerprint density at radius 2 is 2.19 bits per heavy atom. The molecule has 2 aromatic heterocycles. The lowest BCUT2D eigenvalue weighted by Crippen LogP contribution is -2.42. The summed E-state index contributed by atoms with van der Waals surface area (Å²) in [6.45, 7) is 0.356. The quantitative estimate of drug-likeness (QED) is 0.611. The van der Waals surface area contributed by atoms with E-state index in [4.69, 9.17) is 0 Å². The highest BCUT2D eigenvalue weighted by Gasteiger charge is 2.40. The number of thioether (sulfide) groups is 1. The van der Waals surface area contributed by atoms with Crippen molar-refractivity contribution in [3.63, 3.8) is 0 Å². The van der Waals surface area contributed by atoms with Crippen molar-refractivity contribution in [3.8, 4) is 0 Å². The number of amides is 1. The Bertz CT molecular complexity index is 1080. The highest BCUT2D eigenvalue weighted by Crippen LogP contribution is 2.33. The van der Waals surface area contributed by atoms with E-state index < -0.39 is 16.1 Å². The van der Waals surface area contributed by atoms with Crippen LogP contribution in [0.3, 0.4) is 0 Å². The second kappa shape index (κ2) is 7.51. The van der Waals surface area contributed by atoms with Crippen molar-refractivity contribution >= 4 is 65.7 Å². The van der Waals surface area contributed by atoms with Gasteiger partial charge in [-0.25, -0.2) is 13.4 Å². The fourth-order valence-electron chi connectivity index (χ4n) is 3.15. The summed E-state index contributed by atoms with van der Waals surface area (Å²) in [5, 5.41) is 5.05. The Kier molecular flexibility index (Phi) is 5.26. The molecule has 1 atom stereocenters. The molecule has 0 radical (unpaired) electrons. The number of thiazole rings is 1. The number of nitrogens with zero attached hydrogens (tertiary/aromatic N) is 2. The number of carbonyl (C=O) groups excluding carboxylic acids is 1. The zero-order valence-electron chi connectivity index (χ0n) is 14.4. The van der Waals surface area contributed by atoms with E-state index >= 15 is 0 Å². The Labute approximate surface area is 169 Å². The highest BCUT2D eigenvalue weighted by molar-refractivity contribution is 7.98. The molecule has 1 amide bonds. The molecule has 1 aromatic carbocycles. The predicted octanol–water partition coefficient (Wildman–Crippen LogP) is 3.87. The molecule has 6 nitrogen and oxygen atoms in total. The van der Waals surface area contributed by atoms with Crippen LogP contribution < -0.4 is 5.32 Å². The minimum Gasteiger partial charge on any atom is -0.301 e. The van der Waals surface area contributed by atoms with Crippen LogP contribution in [-0.4, -0.2) is 42.5 Å². The SMILES string of the molecule is CSc1cccc2sc(NC(=O)C3CCCN3S(=O)(=O)c3cccs3)nc12. The number of anilines is 1. The van der Waals surface area contributed by atoms with Crippen LogP contribution in [0.15, 0.2) is 44.8 Å². The summed E-state index contributed by atoms with van der Waals surface area (Å²) in [5.41, 5.74) is 0.861.